The maximum Gasteiger partial charge on any atom is 0.0406 e. The largest absolute Gasteiger partial charge is 0.199 e. The van der Waals surface area contributed by atoms with Gasteiger partial charge in [-0.3, -0.25) is 0 Å². The van der Waals surface area contributed by atoms with Crippen molar-refractivity contribution in [2.24, 2.45) is 0 Å². The highest BCUT2D eigenvalue weighted by Crippen LogP contribution is 2.23. The molecule has 2 aromatic rings. The molecular formula is C14H14ClNS2. The zero-order valence-electron chi connectivity index (χ0n) is 10.0. The van der Waals surface area contributed by atoms with E-state index >= 15 is 0 Å². The molecule has 18 heavy (non-hydrogen) atoms. The summed E-state index contributed by atoms with van der Waals surface area (Å²) in [5.41, 5.74) is 1.37. The summed E-state index contributed by atoms with van der Waals surface area (Å²) in [7, 11) is 0. The second-order valence-corrected chi connectivity index (χ2v) is 6.19. The van der Waals surface area contributed by atoms with Crippen molar-refractivity contribution < 1.29 is 0 Å². The van der Waals surface area contributed by atoms with Crippen molar-refractivity contribution in [3.63, 3.8) is 0 Å². The lowest BCUT2D eigenvalue weighted by atomic mass is 10.2. The fourth-order valence-electron chi connectivity index (χ4n) is 1.41. The third-order valence-electron chi connectivity index (χ3n) is 2.46. The van der Waals surface area contributed by atoms with E-state index in [9.17, 15) is 0 Å². The van der Waals surface area contributed by atoms with Gasteiger partial charge in [-0.1, -0.05) is 30.7 Å². The highest BCUT2D eigenvalue weighted by Gasteiger charge is 1.97. The molecule has 0 aromatic heterocycles. The number of halogens is 1. The smallest absolute Gasteiger partial charge is 0.0406 e. The van der Waals surface area contributed by atoms with Crippen LogP contribution in [0, 0.1) is 0 Å². The van der Waals surface area contributed by atoms with Crippen LogP contribution in [0.15, 0.2) is 58.3 Å². The first kappa shape index (κ1) is 13.8. The molecule has 0 heterocycles. The minimum absolute atomic E-state index is 0.766. The number of aryl methyl sites for hydroxylation is 1. The van der Waals surface area contributed by atoms with Crippen molar-refractivity contribution in [1.82, 2.24) is 4.13 Å². The van der Waals surface area contributed by atoms with E-state index in [1.54, 1.807) is 23.9 Å². The summed E-state index contributed by atoms with van der Waals surface area (Å²) in [4.78, 5) is 2.37. The van der Waals surface area contributed by atoms with Crippen molar-refractivity contribution in [3.8, 4) is 0 Å². The van der Waals surface area contributed by atoms with Gasteiger partial charge < -0.3 is 0 Å². The zero-order valence-corrected chi connectivity index (χ0v) is 12.4. The Morgan fingerprint density at radius 2 is 1.39 bits per heavy atom. The van der Waals surface area contributed by atoms with E-state index in [1.165, 1.54) is 10.5 Å². The Labute approximate surface area is 122 Å². The summed E-state index contributed by atoms with van der Waals surface area (Å²) in [6, 6.07) is 16.4. The fraction of sp³-hybridized carbons (Fsp3) is 0.143. The number of hydrogen-bond acceptors (Lipinski definition) is 3. The van der Waals surface area contributed by atoms with Gasteiger partial charge in [0, 0.05) is 14.8 Å². The van der Waals surface area contributed by atoms with Crippen LogP contribution in [0.25, 0.3) is 0 Å². The lowest BCUT2D eigenvalue weighted by molar-refractivity contribution is 1.13. The maximum atomic E-state index is 5.84. The van der Waals surface area contributed by atoms with Crippen molar-refractivity contribution in [3.05, 3.63) is 59.1 Å². The van der Waals surface area contributed by atoms with Gasteiger partial charge in [0.1, 0.15) is 0 Å². The van der Waals surface area contributed by atoms with Crippen molar-refractivity contribution in [2.75, 3.05) is 0 Å². The summed E-state index contributed by atoms with van der Waals surface area (Å²) in [5.74, 6) is 0. The van der Waals surface area contributed by atoms with E-state index in [0.29, 0.717) is 0 Å². The van der Waals surface area contributed by atoms with Gasteiger partial charge in [-0.2, -0.15) is 4.13 Å². The molecule has 0 aliphatic carbocycles. The molecule has 0 saturated carbocycles. The van der Waals surface area contributed by atoms with E-state index in [-0.39, 0.29) is 0 Å². The highest BCUT2D eigenvalue weighted by atomic mass is 35.5. The Kier molecular flexibility index (Phi) is 5.45. The number of nitrogens with one attached hydrogen (secondary N) is 1. The molecule has 1 N–H and O–H groups in total. The molecular weight excluding hydrogens is 282 g/mol. The molecule has 0 radical (unpaired) electrons. The SMILES string of the molecule is CCc1ccc(SNSc2ccc(Cl)cc2)cc1. The molecule has 0 saturated heterocycles. The molecule has 0 aliphatic rings. The Morgan fingerprint density at radius 1 is 0.889 bits per heavy atom. The highest BCUT2D eigenvalue weighted by molar-refractivity contribution is 8.12. The first-order valence-electron chi connectivity index (χ1n) is 5.71. The van der Waals surface area contributed by atoms with E-state index in [1.807, 2.05) is 24.3 Å². The molecule has 0 amide bonds. The average Bonchev–Trinajstić information content (AvgIpc) is 2.42. The minimum atomic E-state index is 0.766. The molecule has 0 unspecified atom stereocenters. The number of benzene rings is 2. The van der Waals surface area contributed by atoms with E-state index in [2.05, 4.69) is 35.3 Å². The van der Waals surface area contributed by atoms with Crippen LogP contribution in [0.1, 0.15) is 12.5 Å². The van der Waals surface area contributed by atoms with Crippen molar-refractivity contribution in [1.29, 1.82) is 0 Å². The topological polar surface area (TPSA) is 12.0 Å². The summed E-state index contributed by atoms with van der Waals surface area (Å²) in [6.45, 7) is 2.16. The zero-order chi connectivity index (χ0) is 12.8. The van der Waals surface area contributed by atoms with Gasteiger partial charge >= 0.3 is 0 Å². The molecule has 0 bridgehead atoms. The number of hydrogen-bond donors (Lipinski definition) is 1. The third-order valence-corrected chi connectivity index (χ3v) is 4.40. The third kappa shape index (κ3) is 4.25. The average molecular weight is 296 g/mol. The van der Waals surface area contributed by atoms with Gasteiger partial charge in [-0.25, -0.2) is 0 Å². The van der Waals surface area contributed by atoms with Crippen LogP contribution in [0.2, 0.25) is 5.02 Å². The second kappa shape index (κ2) is 7.10. The van der Waals surface area contributed by atoms with Crippen LogP contribution in [0.3, 0.4) is 0 Å². The Morgan fingerprint density at radius 3 is 1.89 bits per heavy atom. The summed E-state index contributed by atoms with van der Waals surface area (Å²) >= 11 is 9.04. The van der Waals surface area contributed by atoms with E-state index < -0.39 is 0 Å². The van der Waals surface area contributed by atoms with Crippen LogP contribution < -0.4 is 4.13 Å². The van der Waals surface area contributed by atoms with E-state index in [0.717, 1.165) is 16.3 Å². The lowest BCUT2D eigenvalue weighted by Gasteiger charge is -2.04. The molecule has 0 spiro atoms. The first-order valence-corrected chi connectivity index (χ1v) is 7.72. The van der Waals surface area contributed by atoms with Crippen LogP contribution in [0.4, 0.5) is 0 Å². The molecule has 94 valence electrons. The number of rotatable bonds is 5. The van der Waals surface area contributed by atoms with Crippen LogP contribution >= 0.6 is 35.5 Å². The Bertz CT molecular complexity index is 482. The molecule has 2 aromatic carbocycles. The predicted molar refractivity (Wildman–Crippen MR) is 82.1 cm³/mol. The monoisotopic (exact) mass is 295 g/mol. The van der Waals surface area contributed by atoms with Gasteiger partial charge in [0.05, 0.1) is 0 Å². The maximum absolute atomic E-state index is 5.84. The Hall–Kier alpha value is -0.610. The molecule has 0 aliphatic heterocycles. The standard InChI is InChI=1S/C14H14ClNS2/c1-2-11-3-7-13(8-4-11)17-16-18-14-9-5-12(15)6-10-14/h3-10,16H,2H2,1H3. The first-order chi connectivity index (χ1) is 8.78. The summed E-state index contributed by atoms with van der Waals surface area (Å²) in [6.07, 6.45) is 1.08. The van der Waals surface area contributed by atoms with Gasteiger partial charge in [0.25, 0.3) is 0 Å². The summed E-state index contributed by atoms with van der Waals surface area (Å²) < 4.78 is 3.27. The molecule has 4 heteroatoms. The molecule has 1 nitrogen and oxygen atoms in total. The summed E-state index contributed by atoms with van der Waals surface area (Å²) in [5, 5.41) is 0.766. The molecule has 0 fully saturated rings. The molecule has 2 rings (SSSR count). The minimum Gasteiger partial charge on any atom is -0.199 e. The van der Waals surface area contributed by atoms with Crippen LogP contribution in [-0.2, 0) is 6.42 Å². The van der Waals surface area contributed by atoms with Gasteiger partial charge in [-0.05, 0) is 72.3 Å². The van der Waals surface area contributed by atoms with Crippen molar-refractivity contribution in [2.45, 2.75) is 23.1 Å². The predicted octanol–water partition coefficient (Wildman–Crippen LogP) is 5.21. The second-order valence-electron chi connectivity index (χ2n) is 3.74. The Balaban J connectivity index is 1.82. The van der Waals surface area contributed by atoms with Gasteiger partial charge in [-0.15, -0.1) is 0 Å². The van der Waals surface area contributed by atoms with Gasteiger partial charge in [0.15, 0.2) is 0 Å². The van der Waals surface area contributed by atoms with Gasteiger partial charge in [0.2, 0.25) is 0 Å². The fourth-order valence-corrected chi connectivity index (χ4v) is 3.02. The normalized spacial score (nSPS) is 10.6. The van der Waals surface area contributed by atoms with E-state index in [4.69, 9.17) is 11.6 Å². The lowest BCUT2D eigenvalue weighted by Crippen LogP contribution is -1.89. The van der Waals surface area contributed by atoms with Crippen molar-refractivity contribution >= 4 is 35.5 Å². The quantitative estimate of drug-likeness (QED) is 0.761. The van der Waals surface area contributed by atoms with Crippen LogP contribution in [0.5, 0.6) is 0 Å². The molecule has 0 atom stereocenters. The van der Waals surface area contributed by atoms with Crippen LogP contribution in [-0.4, -0.2) is 0 Å².